The second-order valence-corrected chi connectivity index (χ2v) is 17.3. The van der Waals surface area contributed by atoms with E-state index in [1.165, 1.54) is 117 Å². The molecule has 0 saturated heterocycles. The average molecular weight is 746 g/mol. The van der Waals surface area contributed by atoms with Gasteiger partial charge >= 0.3 is 0 Å². The number of hydrogen-bond acceptors (Lipinski definition) is 1. The van der Waals surface area contributed by atoms with Crippen LogP contribution in [-0.4, -0.2) is 0 Å². The molecule has 3 aliphatic rings. The van der Waals surface area contributed by atoms with E-state index in [0.717, 1.165) is 19.3 Å². The fourth-order valence-electron chi connectivity index (χ4n) is 10.7. The van der Waals surface area contributed by atoms with Gasteiger partial charge in [0.15, 0.2) is 0 Å². The molecular formula is C57H47N. The zero-order chi connectivity index (χ0) is 39.3. The Balaban J connectivity index is 1.19. The SMILES string of the molecule is Cc1ccccc1-c1cc2ccc3ccc(N(c4ccc5c(c4)C4=C(CCC=C4)C5(C)C)c4cccc5c4Cc4ccccc4-5)cc3c2c(-c2ccccc2C)c1C. The first-order chi connectivity index (χ1) is 28.3. The lowest BCUT2D eigenvalue weighted by atomic mass is 9.78. The van der Waals surface area contributed by atoms with E-state index in [4.69, 9.17) is 0 Å². The highest BCUT2D eigenvalue weighted by molar-refractivity contribution is 6.18. The molecule has 0 atom stereocenters. The van der Waals surface area contributed by atoms with Gasteiger partial charge < -0.3 is 4.90 Å². The first-order valence-corrected chi connectivity index (χ1v) is 21.0. The standard InChI is InChI=1S/C57H47N/c1-35-15-6-9-18-43(35)48-32-40-26-25-38-27-28-41(33-49(38)56(40)55(37(48)3)44-19-10-7-16-36(44)2)58(54-24-14-22-46-45-20-11-8-17-39(45)31-51(46)54)42-29-30-53-50(34-42)47-21-12-13-23-52(47)57(53,4)5/h6-12,14-22,24-30,32-34H,13,23,31H2,1-5H3. The number of anilines is 3. The molecule has 0 saturated carbocycles. The summed E-state index contributed by atoms with van der Waals surface area (Å²) in [6.45, 7) is 11.6. The molecule has 0 heterocycles. The Bertz CT molecular complexity index is 3100. The van der Waals surface area contributed by atoms with Crippen LogP contribution in [0.4, 0.5) is 17.1 Å². The van der Waals surface area contributed by atoms with E-state index in [2.05, 4.69) is 197 Å². The van der Waals surface area contributed by atoms with E-state index in [-0.39, 0.29) is 5.41 Å². The van der Waals surface area contributed by atoms with E-state index in [1.54, 1.807) is 5.57 Å². The van der Waals surface area contributed by atoms with Crippen LogP contribution in [0, 0.1) is 20.8 Å². The molecule has 8 aromatic carbocycles. The van der Waals surface area contributed by atoms with Gasteiger partial charge in [-0.15, -0.1) is 0 Å². The van der Waals surface area contributed by atoms with Crippen LogP contribution in [-0.2, 0) is 11.8 Å². The Morgan fingerprint density at radius 2 is 1.22 bits per heavy atom. The molecule has 0 unspecified atom stereocenters. The van der Waals surface area contributed by atoms with Gasteiger partial charge in [0, 0.05) is 23.2 Å². The van der Waals surface area contributed by atoms with Crippen molar-refractivity contribution in [2.75, 3.05) is 4.90 Å². The third kappa shape index (κ3) is 5.16. The second kappa shape index (κ2) is 13.0. The molecule has 0 amide bonds. The maximum atomic E-state index is 2.56. The third-order valence-corrected chi connectivity index (χ3v) is 13.7. The Hall–Kier alpha value is -6.44. The number of rotatable bonds is 5. The Morgan fingerprint density at radius 1 is 0.552 bits per heavy atom. The number of benzene rings is 8. The average Bonchev–Trinajstić information content (AvgIpc) is 3.74. The maximum absolute atomic E-state index is 2.56. The lowest BCUT2D eigenvalue weighted by molar-refractivity contribution is 0.607. The van der Waals surface area contributed by atoms with Crippen LogP contribution in [0.1, 0.15) is 65.6 Å². The van der Waals surface area contributed by atoms with Crippen molar-refractivity contribution < 1.29 is 0 Å². The van der Waals surface area contributed by atoms with Crippen LogP contribution in [0.2, 0.25) is 0 Å². The number of nitrogens with zero attached hydrogens (tertiary/aromatic N) is 1. The van der Waals surface area contributed by atoms with Crippen molar-refractivity contribution in [3.8, 4) is 33.4 Å². The summed E-state index contributed by atoms with van der Waals surface area (Å²) >= 11 is 0. The van der Waals surface area contributed by atoms with Crippen molar-refractivity contribution >= 4 is 44.2 Å². The molecule has 0 aromatic heterocycles. The van der Waals surface area contributed by atoms with E-state index in [9.17, 15) is 0 Å². The summed E-state index contributed by atoms with van der Waals surface area (Å²) in [5, 5.41) is 5.10. The molecule has 0 radical (unpaired) electrons. The molecule has 8 aromatic rings. The second-order valence-electron chi connectivity index (χ2n) is 17.3. The molecule has 0 bridgehead atoms. The molecular weight excluding hydrogens is 699 g/mol. The third-order valence-electron chi connectivity index (χ3n) is 13.7. The Labute approximate surface area is 342 Å². The van der Waals surface area contributed by atoms with Gasteiger partial charge in [-0.05, 0) is 169 Å². The van der Waals surface area contributed by atoms with Crippen molar-refractivity contribution in [2.24, 2.45) is 0 Å². The number of allylic oxidation sites excluding steroid dienone is 4. The smallest absolute Gasteiger partial charge is 0.0503 e. The van der Waals surface area contributed by atoms with Gasteiger partial charge in [-0.3, -0.25) is 0 Å². The highest BCUT2D eigenvalue weighted by atomic mass is 15.1. The van der Waals surface area contributed by atoms with Gasteiger partial charge in [-0.25, -0.2) is 0 Å². The molecule has 0 spiro atoms. The predicted molar refractivity (Wildman–Crippen MR) is 248 cm³/mol. The minimum atomic E-state index is 0.0251. The van der Waals surface area contributed by atoms with Crippen molar-refractivity contribution in [3.63, 3.8) is 0 Å². The summed E-state index contributed by atoms with van der Waals surface area (Å²) < 4.78 is 0. The minimum Gasteiger partial charge on any atom is -0.310 e. The summed E-state index contributed by atoms with van der Waals surface area (Å²) in [5.74, 6) is 0. The number of aryl methyl sites for hydroxylation is 2. The lowest BCUT2D eigenvalue weighted by Crippen LogP contribution is -2.18. The van der Waals surface area contributed by atoms with E-state index >= 15 is 0 Å². The summed E-state index contributed by atoms with van der Waals surface area (Å²) in [7, 11) is 0. The van der Waals surface area contributed by atoms with Crippen LogP contribution in [0.5, 0.6) is 0 Å². The molecule has 0 fully saturated rings. The largest absolute Gasteiger partial charge is 0.310 e. The van der Waals surface area contributed by atoms with Gasteiger partial charge in [0.1, 0.15) is 0 Å². The van der Waals surface area contributed by atoms with Crippen LogP contribution >= 0.6 is 0 Å². The van der Waals surface area contributed by atoms with Gasteiger partial charge in [0.25, 0.3) is 0 Å². The van der Waals surface area contributed by atoms with Gasteiger partial charge in [-0.2, -0.15) is 0 Å². The summed E-state index contributed by atoms with van der Waals surface area (Å²) in [6, 6.07) is 55.2. The molecule has 1 heteroatoms. The van der Waals surface area contributed by atoms with Crippen molar-refractivity contribution in [1.82, 2.24) is 0 Å². The fourth-order valence-corrected chi connectivity index (χ4v) is 10.7. The van der Waals surface area contributed by atoms with Gasteiger partial charge in [0.2, 0.25) is 0 Å². The minimum absolute atomic E-state index is 0.0251. The summed E-state index contributed by atoms with van der Waals surface area (Å²) in [5.41, 5.74) is 24.0. The lowest BCUT2D eigenvalue weighted by Gasteiger charge is -2.30. The predicted octanol–water partition coefficient (Wildman–Crippen LogP) is 15.7. The number of hydrogen-bond donors (Lipinski definition) is 0. The molecule has 0 N–H and O–H groups in total. The summed E-state index contributed by atoms with van der Waals surface area (Å²) in [6.07, 6.45) is 7.92. The Kier molecular flexibility index (Phi) is 7.82. The highest BCUT2D eigenvalue weighted by Gasteiger charge is 2.38. The van der Waals surface area contributed by atoms with Crippen LogP contribution < -0.4 is 4.90 Å². The van der Waals surface area contributed by atoms with E-state index < -0.39 is 0 Å². The van der Waals surface area contributed by atoms with Crippen molar-refractivity contribution in [3.05, 3.63) is 202 Å². The van der Waals surface area contributed by atoms with Gasteiger partial charge in [-0.1, -0.05) is 141 Å². The molecule has 280 valence electrons. The van der Waals surface area contributed by atoms with Crippen molar-refractivity contribution in [1.29, 1.82) is 0 Å². The molecule has 3 aliphatic carbocycles. The highest BCUT2D eigenvalue weighted by Crippen LogP contribution is 2.53. The van der Waals surface area contributed by atoms with Crippen LogP contribution in [0.3, 0.4) is 0 Å². The quantitative estimate of drug-likeness (QED) is 0.159. The van der Waals surface area contributed by atoms with Crippen LogP contribution in [0.15, 0.2) is 163 Å². The first kappa shape index (κ1) is 34.8. The van der Waals surface area contributed by atoms with E-state index in [1.807, 2.05) is 0 Å². The van der Waals surface area contributed by atoms with E-state index in [0.29, 0.717) is 0 Å². The molecule has 0 aliphatic heterocycles. The number of fused-ring (bicyclic) bond motifs is 8. The topological polar surface area (TPSA) is 3.24 Å². The van der Waals surface area contributed by atoms with Crippen LogP contribution in [0.25, 0.3) is 60.5 Å². The maximum Gasteiger partial charge on any atom is 0.0503 e. The van der Waals surface area contributed by atoms with Crippen molar-refractivity contribution in [2.45, 2.75) is 59.3 Å². The monoisotopic (exact) mass is 745 g/mol. The first-order valence-electron chi connectivity index (χ1n) is 21.0. The fraction of sp³-hybridized carbons (Fsp3) is 0.158. The zero-order valence-corrected chi connectivity index (χ0v) is 34.1. The molecule has 11 rings (SSSR count). The summed E-state index contributed by atoms with van der Waals surface area (Å²) in [4.78, 5) is 2.56. The van der Waals surface area contributed by atoms with Gasteiger partial charge in [0.05, 0.1) is 5.69 Å². The normalized spacial score (nSPS) is 14.8. The zero-order valence-electron chi connectivity index (χ0n) is 34.1. The Morgan fingerprint density at radius 3 is 2.03 bits per heavy atom. The molecule has 58 heavy (non-hydrogen) atoms. The molecule has 1 nitrogen and oxygen atoms in total.